The van der Waals surface area contributed by atoms with E-state index in [9.17, 15) is 9.59 Å². The summed E-state index contributed by atoms with van der Waals surface area (Å²) in [6.45, 7) is 2.05. The topological polar surface area (TPSA) is 64.6 Å². The monoisotopic (exact) mass is 403 g/mol. The first-order valence-electron chi connectivity index (χ1n) is 10.2. The van der Waals surface area contributed by atoms with Crippen molar-refractivity contribution in [3.8, 4) is 5.75 Å². The fourth-order valence-electron chi connectivity index (χ4n) is 4.21. The van der Waals surface area contributed by atoms with Gasteiger partial charge in [0.15, 0.2) is 5.78 Å². The van der Waals surface area contributed by atoms with Gasteiger partial charge in [0.2, 0.25) is 0 Å². The number of rotatable bonds is 5. The molecule has 2 aromatic rings. The molecule has 154 valence electrons. The first-order chi connectivity index (χ1) is 14.6. The molecule has 0 radical (unpaired) electrons. The van der Waals surface area contributed by atoms with Gasteiger partial charge >= 0.3 is 5.97 Å². The molecule has 0 unspecified atom stereocenters. The maximum absolute atomic E-state index is 13.2. The summed E-state index contributed by atoms with van der Waals surface area (Å²) in [4.78, 5) is 26.1. The third-order valence-corrected chi connectivity index (χ3v) is 5.64. The number of allylic oxidation sites excluding steroid dienone is 3. The number of hydrogen-bond acceptors (Lipinski definition) is 5. The van der Waals surface area contributed by atoms with Gasteiger partial charge in [0, 0.05) is 29.3 Å². The molecule has 1 aliphatic carbocycles. The van der Waals surface area contributed by atoms with E-state index in [1.165, 1.54) is 0 Å². The average molecular weight is 403 g/mol. The van der Waals surface area contributed by atoms with Crippen LogP contribution < -0.4 is 10.1 Å². The molecule has 2 aromatic carbocycles. The van der Waals surface area contributed by atoms with E-state index in [1.54, 1.807) is 7.11 Å². The number of nitrogens with one attached hydrogen (secondary N) is 1. The summed E-state index contributed by atoms with van der Waals surface area (Å²) < 4.78 is 11.0. The molecule has 0 fully saturated rings. The quantitative estimate of drug-likeness (QED) is 0.750. The Balaban J connectivity index is 1.72. The van der Waals surface area contributed by atoms with Crippen molar-refractivity contribution in [2.24, 2.45) is 0 Å². The molecule has 0 spiro atoms. The Morgan fingerprint density at radius 2 is 1.90 bits per heavy atom. The molecular weight excluding hydrogens is 378 g/mol. The second-order valence-corrected chi connectivity index (χ2v) is 7.60. The smallest absolute Gasteiger partial charge is 0.337 e. The highest BCUT2D eigenvalue weighted by Crippen LogP contribution is 2.43. The number of carbonyl (C=O) groups is 2. The molecule has 5 heteroatoms. The Labute approximate surface area is 176 Å². The lowest BCUT2D eigenvalue weighted by Crippen LogP contribution is -2.34. The molecule has 1 N–H and O–H groups in total. The minimum Gasteiger partial charge on any atom is -0.497 e. The molecule has 1 atom stereocenters. The van der Waals surface area contributed by atoms with Gasteiger partial charge in [0.05, 0.1) is 12.7 Å². The minimum absolute atomic E-state index is 0.0810. The van der Waals surface area contributed by atoms with Crippen LogP contribution in [0.3, 0.4) is 0 Å². The third-order valence-electron chi connectivity index (χ3n) is 5.64. The number of Topliss-reactive ketones (excluding diaryl/α,β-unsaturated/α-hetero) is 1. The lowest BCUT2D eigenvalue weighted by molar-refractivity contribution is -0.140. The zero-order valence-corrected chi connectivity index (χ0v) is 17.2. The van der Waals surface area contributed by atoms with Crippen LogP contribution in [0.5, 0.6) is 5.75 Å². The third kappa shape index (κ3) is 3.88. The van der Waals surface area contributed by atoms with Crippen LogP contribution in [0.4, 0.5) is 0 Å². The Morgan fingerprint density at radius 3 is 2.67 bits per heavy atom. The summed E-state index contributed by atoms with van der Waals surface area (Å²) in [6, 6.07) is 17.1. The maximum Gasteiger partial charge on any atom is 0.337 e. The lowest BCUT2D eigenvalue weighted by Gasteiger charge is -2.34. The molecule has 0 bridgehead atoms. The van der Waals surface area contributed by atoms with Crippen molar-refractivity contribution in [1.29, 1.82) is 0 Å². The van der Waals surface area contributed by atoms with Crippen molar-refractivity contribution in [1.82, 2.24) is 5.32 Å². The first kappa shape index (κ1) is 20.0. The van der Waals surface area contributed by atoms with Gasteiger partial charge in [-0.05, 0) is 43.0 Å². The van der Waals surface area contributed by atoms with E-state index in [0.717, 1.165) is 35.4 Å². The summed E-state index contributed by atoms with van der Waals surface area (Å²) in [5.41, 5.74) is 4.56. The molecule has 0 aromatic heterocycles. The second-order valence-electron chi connectivity index (χ2n) is 7.60. The number of benzene rings is 2. The summed E-state index contributed by atoms with van der Waals surface area (Å²) in [5.74, 6) is -0.113. The van der Waals surface area contributed by atoms with Crippen LogP contribution in [0.15, 0.2) is 77.1 Å². The van der Waals surface area contributed by atoms with Crippen molar-refractivity contribution in [3.05, 3.63) is 88.3 Å². The second kappa shape index (κ2) is 8.57. The van der Waals surface area contributed by atoms with Crippen molar-refractivity contribution in [2.75, 3.05) is 7.11 Å². The maximum atomic E-state index is 13.2. The Kier molecular flexibility index (Phi) is 5.70. The first-order valence-corrected chi connectivity index (χ1v) is 10.2. The van der Waals surface area contributed by atoms with E-state index in [4.69, 9.17) is 9.47 Å². The van der Waals surface area contributed by atoms with Crippen LogP contribution >= 0.6 is 0 Å². The number of ether oxygens (including phenoxy) is 2. The lowest BCUT2D eigenvalue weighted by atomic mass is 9.75. The molecule has 0 saturated heterocycles. The van der Waals surface area contributed by atoms with Gasteiger partial charge in [-0.25, -0.2) is 4.79 Å². The molecule has 4 rings (SSSR count). The standard InChI is InChI=1S/C25H25NO4/c1-16-22(25(28)30-15-17-8-4-3-5-9-17)23(18-10-6-11-19(14-18)29-2)24-20(26-16)12-7-13-21(24)27/h3-6,8-11,14,23,26H,7,12-13,15H2,1-2H3/t23-/m0/s1. The van der Waals surface area contributed by atoms with Gasteiger partial charge in [-0.3, -0.25) is 4.79 Å². The zero-order valence-electron chi connectivity index (χ0n) is 17.2. The van der Waals surface area contributed by atoms with Crippen LogP contribution in [0, 0.1) is 0 Å². The molecule has 1 heterocycles. The number of esters is 1. The number of dihydropyridines is 1. The van der Waals surface area contributed by atoms with E-state index >= 15 is 0 Å². The summed E-state index contributed by atoms with van der Waals surface area (Å²) >= 11 is 0. The van der Waals surface area contributed by atoms with E-state index in [0.29, 0.717) is 23.3 Å². The number of hydrogen-bond donors (Lipinski definition) is 1. The molecule has 0 saturated carbocycles. The summed E-state index contributed by atoms with van der Waals surface area (Å²) in [7, 11) is 1.61. The van der Waals surface area contributed by atoms with E-state index in [1.807, 2.05) is 61.5 Å². The predicted octanol–water partition coefficient (Wildman–Crippen LogP) is 4.41. The zero-order chi connectivity index (χ0) is 21.1. The summed E-state index contributed by atoms with van der Waals surface area (Å²) in [6.07, 6.45) is 2.11. The van der Waals surface area contributed by atoms with Crippen molar-refractivity contribution in [3.63, 3.8) is 0 Å². The van der Waals surface area contributed by atoms with Crippen LogP contribution in [0.1, 0.15) is 43.2 Å². The Morgan fingerprint density at radius 1 is 1.10 bits per heavy atom. The molecule has 30 heavy (non-hydrogen) atoms. The number of methoxy groups -OCH3 is 1. The van der Waals surface area contributed by atoms with Gasteiger partial charge in [0.1, 0.15) is 12.4 Å². The van der Waals surface area contributed by atoms with Gasteiger partial charge in [0.25, 0.3) is 0 Å². The SMILES string of the molecule is COc1cccc([C@H]2C(C(=O)OCc3ccccc3)=C(C)NC3=C2C(=O)CCC3)c1. The van der Waals surface area contributed by atoms with Crippen LogP contribution in [0.2, 0.25) is 0 Å². The van der Waals surface area contributed by atoms with Gasteiger partial charge < -0.3 is 14.8 Å². The molecule has 1 aliphatic heterocycles. The van der Waals surface area contributed by atoms with Crippen LogP contribution in [-0.4, -0.2) is 18.9 Å². The number of carbonyl (C=O) groups excluding carboxylic acids is 2. The minimum atomic E-state index is -0.465. The fraction of sp³-hybridized carbons (Fsp3) is 0.280. The van der Waals surface area contributed by atoms with Gasteiger partial charge in [-0.2, -0.15) is 0 Å². The van der Waals surface area contributed by atoms with Gasteiger partial charge in [-0.15, -0.1) is 0 Å². The molecular formula is C25H25NO4. The van der Waals surface area contributed by atoms with Crippen molar-refractivity contribution in [2.45, 2.75) is 38.7 Å². The summed E-state index contributed by atoms with van der Waals surface area (Å²) in [5, 5.41) is 3.31. The van der Waals surface area contributed by atoms with E-state index < -0.39 is 11.9 Å². The van der Waals surface area contributed by atoms with Gasteiger partial charge in [-0.1, -0.05) is 42.5 Å². The largest absolute Gasteiger partial charge is 0.497 e. The highest BCUT2D eigenvalue weighted by molar-refractivity contribution is 6.03. The van der Waals surface area contributed by atoms with Crippen LogP contribution in [0.25, 0.3) is 0 Å². The average Bonchev–Trinajstić information content (AvgIpc) is 2.77. The normalized spacial score (nSPS) is 18.6. The van der Waals surface area contributed by atoms with E-state index in [2.05, 4.69) is 5.32 Å². The predicted molar refractivity (Wildman–Crippen MR) is 114 cm³/mol. The van der Waals surface area contributed by atoms with E-state index in [-0.39, 0.29) is 12.4 Å². The Hall–Kier alpha value is -3.34. The van der Waals surface area contributed by atoms with Crippen molar-refractivity contribution >= 4 is 11.8 Å². The highest BCUT2D eigenvalue weighted by atomic mass is 16.5. The van der Waals surface area contributed by atoms with Crippen molar-refractivity contribution < 1.29 is 19.1 Å². The molecule has 5 nitrogen and oxygen atoms in total. The highest BCUT2D eigenvalue weighted by Gasteiger charge is 2.39. The molecule has 0 amide bonds. The number of ketones is 1. The van der Waals surface area contributed by atoms with Crippen LogP contribution in [-0.2, 0) is 20.9 Å². The fourth-order valence-corrected chi connectivity index (χ4v) is 4.21. The molecule has 2 aliphatic rings. The Bertz CT molecular complexity index is 1040.